The Morgan fingerprint density at radius 2 is 1.12 bits per heavy atom. The van der Waals surface area contributed by atoms with Gasteiger partial charge < -0.3 is 9.13 Å². The fourth-order valence-electron chi connectivity index (χ4n) is 9.45. The van der Waals surface area contributed by atoms with Crippen LogP contribution in [0.4, 0.5) is 0 Å². The lowest BCUT2D eigenvalue weighted by atomic mass is 9.94. The van der Waals surface area contributed by atoms with E-state index < -0.39 is 0 Å². The van der Waals surface area contributed by atoms with Crippen molar-refractivity contribution in [2.75, 3.05) is 0 Å². The van der Waals surface area contributed by atoms with Crippen LogP contribution >= 0.6 is 11.3 Å². The Labute approximate surface area is 334 Å². The molecule has 1 aliphatic rings. The van der Waals surface area contributed by atoms with E-state index in [0.29, 0.717) is 0 Å². The highest BCUT2D eigenvalue weighted by atomic mass is 32.1. The standard InChI is InChI=1S/C54H36N2S/c1-3-15-35(16-4-1)36-17-13-18-37(31-36)45-33-40(34-47-43-22-9-12-28-52(43)57-54(45)47)56-48-25-10-7-21-42(48)46-32-38(29-30-50(46)56)41-24-14-27-51-53(41)44-23-8-11-26-49(44)55(51)39-19-5-2-6-20-39/h1-7,9-22,24-34H,8,23H2. The van der Waals surface area contributed by atoms with Crippen molar-refractivity contribution in [2.24, 2.45) is 0 Å². The molecule has 0 spiro atoms. The van der Waals surface area contributed by atoms with Crippen LogP contribution in [0.2, 0.25) is 0 Å². The van der Waals surface area contributed by atoms with Crippen LogP contribution in [-0.2, 0) is 6.42 Å². The molecule has 0 aliphatic heterocycles. The quantitative estimate of drug-likeness (QED) is 0.166. The second kappa shape index (κ2) is 12.8. The number of allylic oxidation sites excluding steroid dienone is 1. The minimum atomic E-state index is 1.04. The van der Waals surface area contributed by atoms with Crippen LogP contribution < -0.4 is 0 Å². The van der Waals surface area contributed by atoms with Crippen molar-refractivity contribution in [3.63, 3.8) is 0 Å². The van der Waals surface area contributed by atoms with Gasteiger partial charge in [-0.25, -0.2) is 0 Å². The maximum absolute atomic E-state index is 2.49. The lowest BCUT2D eigenvalue weighted by Crippen LogP contribution is -1.99. The molecule has 2 nitrogen and oxygen atoms in total. The first-order valence-corrected chi connectivity index (χ1v) is 20.6. The molecular formula is C54H36N2S. The van der Waals surface area contributed by atoms with Gasteiger partial charge in [-0.1, -0.05) is 127 Å². The summed E-state index contributed by atoms with van der Waals surface area (Å²) in [5, 5.41) is 6.48. The van der Waals surface area contributed by atoms with Gasteiger partial charge in [0.05, 0.1) is 16.6 Å². The summed E-state index contributed by atoms with van der Waals surface area (Å²) in [5.74, 6) is 0. The Morgan fingerprint density at radius 3 is 2.02 bits per heavy atom. The SMILES string of the molecule is C1=Cc2c(c3c(-c4ccc5c(c4)c4ccccc4n5-c4cc(-c5cccc(-c6ccccc6)c5)c5sc6ccccc6c5c4)cccc3n2-c2ccccc2)CC1. The van der Waals surface area contributed by atoms with E-state index in [1.807, 2.05) is 11.3 Å². The molecule has 57 heavy (non-hydrogen) atoms. The first-order chi connectivity index (χ1) is 28.3. The molecule has 3 heterocycles. The second-order valence-corrected chi connectivity index (χ2v) is 16.2. The first kappa shape index (κ1) is 32.3. The molecule has 0 atom stereocenters. The molecule has 0 saturated carbocycles. The van der Waals surface area contributed by atoms with Gasteiger partial charge in [0.2, 0.25) is 0 Å². The third kappa shape index (κ3) is 5.02. The van der Waals surface area contributed by atoms with Crippen LogP contribution in [0.3, 0.4) is 0 Å². The fourth-order valence-corrected chi connectivity index (χ4v) is 10.7. The topological polar surface area (TPSA) is 9.86 Å². The monoisotopic (exact) mass is 744 g/mol. The van der Waals surface area contributed by atoms with E-state index in [-0.39, 0.29) is 0 Å². The number of nitrogens with zero attached hydrogens (tertiary/aromatic N) is 2. The summed E-state index contributed by atoms with van der Waals surface area (Å²) in [5.41, 5.74) is 16.3. The van der Waals surface area contributed by atoms with Gasteiger partial charge in [-0.3, -0.25) is 0 Å². The lowest BCUT2D eigenvalue weighted by molar-refractivity contribution is 0.968. The highest BCUT2D eigenvalue weighted by Gasteiger charge is 2.23. The molecule has 0 saturated heterocycles. The van der Waals surface area contributed by atoms with E-state index in [4.69, 9.17) is 0 Å². The lowest BCUT2D eigenvalue weighted by Gasteiger charge is -2.14. The summed E-state index contributed by atoms with van der Waals surface area (Å²) >= 11 is 1.89. The van der Waals surface area contributed by atoms with E-state index in [1.165, 1.54) is 109 Å². The van der Waals surface area contributed by atoms with E-state index in [1.54, 1.807) is 0 Å². The summed E-state index contributed by atoms with van der Waals surface area (Å²) in [7, 11) is 0. The number of aromatic nitrogens is 2. The van der Waals surface area contributed by atoms with Gasteiger partial charge in [0.25, 0.3) is 0 Å². The molecule has 0 bridgehead atoms. The van der Waals surface area contributed by atoms with Crippen LogP contribution in [0.5, 0.6) is 0 Å². The number of benzene rings is 8. The highest BCUT2D eigenvalue weighted by Crippen LogP contribution is 2.45. The fraction of sp³-hybridized carbons (Fsp3) is 0.0370. The average molecular weight is 745 g/mol. The molecule has 0 radical (unpaired) electrons. The van der Waals surface area contributed by atoms with Crippen molar-refractivity contribution in [1.82, 2.24) is 9.13 Å². The van der Waals surface area contributed by atoms with Crippen molar-refractivity contribution in [3.05, 3.63) is 199 Å². The molecule has 8 aromatic carbocycles. The van der Waals surface area contributed by atoms with E-state index >= 15 is 0 Å². The molecular weight excluding hydrogens is 709 g/mol. The minimum absolute atomic E-state index is 1.04. The zero-order chi connectivity index (χ0) is 37.5. The van der Waals surface area contributed by atoms with Gasteiger partial charge in [-0.05, 0) is 113 Å². The van der Waals surface area contributed by atoms with E-state index in [9.17, 15) is 0 Å². The van der Waals surface area contributed by atoms with E-state index in [2.05, 4.69) is 203 Å². The van der Waals surface area contributed by atoms with Crippen molar-refractivity contribution in [3.8, 4) is 44.8 Å². The molecule has 268 valence electrons. The Hall–Kier alpha value is -6.94. The summed E-state index contributed by atoms with van der Waals surface area (Å²) in [6, 6.07) is 67.2. The average Bonchev–Trinajstić information content (AvgIpc) is 3.94. The van der Waals surface area contributed by atoms with Gasteiger partial charge in [-0.2, -0.15) is 0 Å². The molecule has 12 rings (SSSR count). The number of fused-ring (bicyclic) bond motifs is 9. The Morgan fingerprint density at radius 1 is 0.421 bits per heavy atom. The molecule has 0 fully saturated rings. The van der Waals surface area contributed by atoms with Crippen LogP contribution in [0.15, 0.2) is 188 Å². The van der Waals surface area contributed by atoms with Crippen LogP contribution in [-0.4, -0.2) is 9.13 Å². The third-order valence-corrected chi connectivity index (χ3v) is 13.2. The smallest absolute Gasteiger partial charge is 0.0543 e. The Kier molecular flexibility index (Phi) is 7.26. The van der Waals surface area contributed by atoms with Gasteiger partial charge in [0.1, 0.15) is 0 Å². The van der Waals surface area contributed by atoms with E-state index in [0.717, 1.165) is 12.8 Å². The van der Waals surface area contributed by atoms with Crippen molar-refractivity contribution < 1.29 is 0 Å². The number of hydrogen-bond donors (Lipinski definition) is 0. The zero-order valence-electron chi connectivity index (χ0n) is 31.2. The van der Waals surface area contributed by atoms with Crippen LogP contribution in [0, 0.1) is 0 Å². The molecule has 0 unspecified atom stereocenters. The van der Waals surface area contributed by atoms with Crippen LogP contribution in [0.25, 0.3) is 104 Å². The maximum Gasteiger partial charge on any atom is 0.0543 e. The molecule has 0 N–H and O–H groups in total. The second-order valence-electron chi connectivity index (χ2n) is 15.2. The summed E-state index contributed by atoms with van der Waals surface area (Å²) in [6.07, 6.45) is 6.75. The number of para-hydroxylation sites is 2. The molecule has 3 aromatic heterocycles. The number of thiophene rings is 1. The molecule has 1 aliphatic carbocycles. The highest BCUT2D eigenvalue weighted by molar-refractivity contribution is 7.26. The summed E-state index contributed by atoms with van der Waals surface area (Å²) in [4.78, 5) is 0. The van der Waals surface area contributed by atoms with Gasteiger partial charge in [0.15, 0.2) is 0 Å². The van der Waals surface area contributed by atoms with Crippen molar-refractivity contribution in [1.29, 1.82) is 0 Å². The van der Waals surface area contributed by atoms with Crippen LogP contribution in [0.1, 0.15) is 17.7 Å². The zero-order valence-corrected chi connectivity index (χ0v) is 32.0. The number of aryl methyl sites for hydroxylation is 1. The largest absolute Gasteiger partial charge is 0.310 e. The number of rotatable bonds is 5. The molecule has 0 amide bonds. The predicted molar refractivity (Wildman–Crippen MR) is 244 cm³/mol. The van der Waals surface area contributed by atoms with Gasteiger partial charge in [-0.15, -0.1) is 11.3 Å². The summed E-state index contributed by atoms with van der Waals surface area (Å²) < 4.78 is 7.57. The van der Waals surface area contributed by atoms with Gasteiger partial charge in [0, 0.05) is 59.0 Å². The summed E-state index contributed by atoms with van der Waals surface area (Å²) in [6.45, 7) is 0. The number of hydrogen-bond acceptors (Lipinski definition) is 1. The molecule has 3 heteroatoms. The molecule has 11 aromatic rings. The van der Waals surface area contributed by atoms with Crippen molar-refractivity contribution in [2.45, 2.75) is 12.8 Å². The van der Waals surface area contributed by atoms with Crippen molar-refractivity contribution >= 4 is 70.3 Å². The Bertz CT molecular complexity index is 3400. The predicted octanol–water partition coefficient (Wildman–Crippen LogP) is 15.1. The first-order valence-electron chi connectivity index (χ1n) is 19.8. The van der Waals surface area contributed by atoms with Gasteiger partial charge >= 0.3 is 0 Å². The third-order valence-electron chi connectivity index (χ3n) is 12.0. The normalized spacial score (nSPS) is 12.7. The maximum atomic E-state index is 2.49. The Balaban J connectivity index is 1.09. The minimum Gasteiger partial charge on any atom is -0.310 e.